The molecule has 1 aliphatic heterocycles. The lowest BCUT2D eigenvalue weighted by Gasteiger charge is -2.16. The molecule has 4 heterocycles. The molecule has 1 amide bonds. The number of carbonyl (C=O) groups is 1. The highest BCUT2D eigenvalue weighted by molar-refractivity contribution is 7.14. The molecule has 0 saturated heterocycles. The van der Waals surface area contributed by atoms with E-state index in [4.69, 9.17) is 5.73 Å². The number of nitrogens with zero attached hydrogens (tertiary/aromatic N) is 3. The summed E-state index contributed by atoms with van der Waals surface area (Å²) in [5.74, 6) is -0.452. The van der Waals surface area contributed by atoms with Gasteiger partial charge in [-0.15, -0.1) is 11.3 Å². The van der Waals surface area contributed by atoms with Crippen molar-refractivity contribution in [2.24, 2.45) is 5.73 Å². The van der Waals surface area contributed by atoms with Crippen LogP contribution < -0.4 is 11.1 Å². The molecule has 5 rings (SSSR count). The Balaban J connectivity index is 1.42. The van der Waals surface area contributed by atoms with E-state index in [9.17, 15) is 9.18 Å². The second-order valence-corrected chi connectivity index (χ2v) is 9.30. The first kappa shape index (κ1) is 21.5. The monoisotopic (exact) mass is 461 g/mol. The van der Waals surface area contributed by atoms with E-state index in [0.29, 0.717) is 11.3 Å². The fourth-order valence-electron chi connectivity index (χ4n) is 4.29. The Kier molecular flexibility index (Phi) is 6.02. The molecule has 0 saturated carbocycles. The largest absolute Gasteiger partial charge is 0.347 e. The van der Waals surface area contributed by atoms with Crippen LogP contribution in [0.5, 0.6) is 0 Å². The number of benzene rings is 1. The summed E-state index contributed by atoms with van der Waals surface area (Å²) >= 11 is 1.52. The van der Waals surface area contributed by atoms with Crippen LogP contribution in [-0.4, -0.2) is 33.3 Å². The standard InChI is InChI=1S/C25H24FN5OS/c26-18-6-1-4-16(10-18)11-19(13-27)30-25(32)23-12-20-22(33-23)7-3-9-31-24(20)21(15-29-31)17-5-2-8-28-14-17/h1-2,4-6,8,10,12,14-15,19H,3,7,9,11,13,27H2,(H,30,32)/t19-/m0/s1. The van der Waals surface area contributed by atoms with Crippen LogP contribution in [0, 0.1) is 5.82 Å². The fourth-order valence-corrected chi connectivity index (χ4v) is 5.39. The zero-order chi connectivity index (χ0) is 22.8. The van der Waals surface area contributed by atoms with Crippen molar-refractivity contribution in [2.45, 2.75) is 31.8 Å². The van der Waals surface area contributed by atoms with Crippen LogP contribution in [0.3, 0.4) is 0 Å². The zero-order valence-corrected chi connectivity index (χ0v) is 18.8. The molecule has 0 radical (unpaired) electrons. The first-order valence-corrected chi connectivity index (χ1v) is 11.8. The molecule has 168 valence electrons. The summed E-state index contributed by atoms with van der Waals surface area (Å²) in [5, 5.41) is 7.64. The van der Waals surface area contributed by atoms with E-state index in [0.717, 1.165) is 47.3 Å². The van der Waals surface area contributed by atoms with E-state index in [-0.39, 0.29) is 24.3 Å². The molecule has 0 unspecified atom stereocenters. The lowest BCUT2D eigenvalue weighted by molar-refractivity contribution is 0.0942. The maximum absolute atomic E-state index is 13.5. The highest BCUT2D eigenvalue weighted by Gasteiger charge is 2.25. The molecule has 6 nitrogen and oxygen atoms in total. The third-order valence-corrected chi connectivity index (χ3v) is 7.06. The molecule has 1 atom stereocenters. The first-order valence-electron chi connectivity index (χ1n) is 11.0. The molecule has 33 heavy (non-hydrogen) atoms. The van der Waals surface area contributed by atoms with Crippen molar-refractivity contribution in [3.05, 3.63) is 82.2 Å². The van der Waals surface area contributed by atoms with Gasteiger partial charge in [0, 0.05) is 53.1 Å². The Bertz CT molecular complexity index is 1280. The predicted molar refractivity (Wildman–Crippen MR) is 128 cm³/mol. The summed E-state index contributed by atoms with van der Waals surface area (Å²) in [6.45, 7) is 1.10. The third-order valence-electron chi connectivity index (χ3n) is 5.86. The van der Waals surface area contributed by atoms with Gasteiger partial charge in [0.15, 0.2) is 0 Å². The van der Waals surface area contributed by atoms with Gasteiger partial charge in [-0.25, -0.2) is 4.39 Å². The number of fused-ring (bicyclic) bond motifs is 3. The van der Waals surface area contributed by atoms with Crippen molar-refractivity contribution in [3.63, 3.8) is 0 Å². The van der Waals surface area contributed by atoms with Crippen molar-refractivity contribution < 1.29 is 9.18 Å². The van der Waals surface area contributed by atoms with Crippen LogP contribution in [0.2, 0.25) is 0 Å². The van der Waals surface area contributed by atoms with Crippen molar-refractivity contribution in [2.75, 3.05) is 6.54 Å². The molecule has 1 aromatic carbocycles. The molecule has 0 aliphatic carbocycles. The van der Waals surface area contributed by atoms with Crippen molar-refractivity contribution in [1.29, 1.82) is 0 Å². The van der Waals surface area contributed by atoms with Gasteiger partial charge in [-0.05, 0) is 49.1 Å². The topological polar surface area (TPSA) is 85.8 Å². The molecule has 8 heteroatoms. The smallest absolute Gasteiger partial charge is 0.261 e. The van der Waals surface area contributed by atoms with Gasteiger partial charge in [0.1, 0.15) is 5.82 Å². The normalized spacial score (nSPS) is 13.6. The van der Waals surface area contributed by atoms with Gasteiger partial charge in [-0.2, -0.15) is 5.10 Å². The number of thiophene rings is 1. The average Bonchev–Trinajstić information content (AvgIpc) is 3.40. The number of nitrogens with one attached hydrogen (secondary N) is 1. The molecule has 0 spiro atoms. The second kappa shape index (κ2) is 9.25. The van der Waals surface area contributed by atoms with Crippen LogP contribution in [0.1, 0.15) is 26.5 Å². The Hall–Kier alpha value is -3.36. The van der Waals surface area contributed by atoms with Crippen molar-refractivity contribution in [3.8, 4) is 22.4 Å². The Labute approximate surface area is 195 Å². The van der Waals surface area contributed by atoms with E-state index >= 15 is 0 Å². The number of pyridine rings is 1. The number of carbonyl (C=O) groups excluding carboxylic acids is 1. The SMILES string of the molecule is NC[C@H](Cc1cccc(F)c1)NC(=O)c1cc2c(s1)CCCn1ncc(-c3cccnc3)c1-2. The number of aryl methyl sites for hydroxylation is 2. The van der Waals surface area contributed by atoms with Gasteiger partial charge < -0.3 is 11.1 Å². The number of amides is 1. The minimum Gasteiger partial charge on any atom is -0.347 e. The quantitative estimate of drug-likeness (QED) is 0.453. The van der Waals surface area contributed by atoms with Crippen molar-refractivity contribution >= 4 is 17.2 Å². The van der Waals surface area contributed by atoms with Crippen molar-refractivity contribution in [1.82, 2.24) is 20.1 Å². The van der Waals surface area contributed by atoms with Crippen LogP contribution in [0.25, 0.3) is 22.4 Å². The predicted octanol–water partition coefficient (Wildman–Crippen LogP) is 4.06. The van der Waals surface area contributed by atoms with Crippen LogP contribution in [0.4, 0.5) is 4.39 Å². The Morgan fingerprint density at radius 1 is 1.21 bits per heavy atom. The van der Waals surface area contributed by atoms with E-state index in [1.54, 1.807) is 12.3 Å². The molecular weight excluding hydrogens is 437 g/mol. The van der Waals surface area contributed by atoms with Gasteiger partial charge in [-0.1, -0.05) is 18.2 Å². The number of hydrogen-bond acceptors (Lipinski definition) is 5. The van der Waals surface area contributed by atoms with E-state index in [1.165, 1.54) is 28.3 Å². The molecule has 0 fully saturated rings. The summed E-state index contributed by atoms with van der Waals surface area (Å²) in [4.78, 5) is 19.2. The molecule has 4 aromatic rings. The van der Waals surface area contributed by atoms with Gasteiger partial charge >= 0.3 is 0 Å². The van der Waals surface area contributed by atoms with Crippen LogP contribution >= 0.6 is 11.3 Å². The summed E-state index contributed by atoms with van der Waals surface area (Å²) in [6.07, 6.45) is 7.79. The molecule has 3 N–H and O–H groups in total. The van der Waals surface area contributed by atoms with Gasteiger partial charge in [0.05, 0.1) is 16.8 Å². The minimum atomic E-state index is -0.294. The van der Waals surface area contributed by atoms with Crippen LogP contribution in [-0.2, 0) is 19.4 Å². The lowest BCUT2D eigenvalue weighted by atomic mass is 10.0. The summed E-state index contributed by atoms with van der Waals surface area (Å²) in [5.41, 5.74) is 10.8. The number of aromatic nitrogens is 3. The zero-order valence-electron chi connectivity index (χ0n) is 18.0. The van der Waals surface area contributed by atoms with E-state index < -0.39 is 0 Å². The fraction of sp³-hybridized carbons (Fsp3) is 0.240. The minimum absolute atomic E-state index is 0.158. The maximum Gasteiger partial charge on any atom is 0.261 e. The third kappa shape index (κ3) is 4.44. The Morgan fingerprint density at radius 3 is 2.91 bits per heavy atom. The summed E-state index contributed by atoms with van der Waals surface area (Å²) in [7, 11) is 0. The van der Waals surface area contributed by atoms with Gasteiger partial charge in [0.25, 0.3) is 5.91 Å². The average molecular weight is 462 g/mol. The maximum atomic E-state index is 13.5. The molecule has 1 aliphatic rings. The second-order valence-electron chi connectivity index (χ2n) is 8.16. The van der Waals surface area contributed by atoms with Crippen LogP contribution in [0.15, 0.2) is 61.1 Å². The highest BCUT2D eigenvalue weighted by atomic mass is 32.1. The molecule has 0 bridgehead atoms. The van der Waals surface area contributed by atoms with Gasteiger partial charge in [-0.3, -0.25) is 14.5 Å². The number of nitrogens with two attached hydrogens (primary N) is 1. The number of hydrogen-bond donors (Lipinski definition) is 2. The molecule has 3 aromatic heterocycles. The Morgan fingerprint density at radius 2 is 2.12 bits per heavy atom. The van der Waals surface area contributed by atoms with Gasteiger partial charge in [0.2, 0.25) is 0 Å². The lowest BCUT2D eigenvalue weighted by Crippen LogP contribution is -2.41. The highest BCUT2D eigenvalue weighted by Crippen LogP contribution is 2.40. The number of rotatable bonds is 6. The number of halogens is 1. The first-order chi connectivity index (χ1) is 16.1. The molecular formula is C25H24FN5OS. The van der Waals surface area contributed by atoms with E-state index in [2.05, 4.69) is 15.4 Å². The van der Waals surface area contributed by atoms with E-state index in [1.807, 2.05) is 41.3 Å². The summed E-state index contributed by atoms with van der Waals surface area (Å²) < 4.78 is 15.6. The summed E-state index contributed by atoms with van der Waals surface area (Å²) in [6, 6.07) is 12.0.